The first-order valence-corrected chi connectivity index (χ1v) is 14.2. The molecule has 0 spiro atoms. The van der Waals surface area contributed by atoms with Crippen molar-refractivity contribution in [3.05, 3.63) is 48.7 Å². The molecule has 192 valence electrons. The van der Waals surface area contributed by atoms with Crippen molar-refractivity contribution in [1.29, 1.82) is 0 Å². The third kappa shape index (κ3) is 5.91. The summed E-state index contributed by atoms with van der Waals surface area (Å²) in [5.41, 5.74) is 1.93. The van der Waals surface area contributed by atoms with Gasteiger partial charge in [0.15, 0.2) is 0 Å². The van der Waals surface area contributed by atoms with Gasteiger partial charge in [0.05, 0.1) is 32.3 Å². The van der Waals surface area contributed by atoms with E-state index >= 15 is 0 Å². The maximum absolute atomic E-state index is 11.9. The number of rotatable bonds is 14. The SMILES string of the molecule is C=CC1C[N+]2(CCCCCCCCCCC)CCC1C[C@H]2[C@@H](O)c1ccnc2ccc(OC)cc12. The van der Waals surface area contributed by atoms with Crippen LogP contribution in [0.2, 0.25) is 0 Å². The van der Waals surface area contributed by atoms with Gasteiger partial charge in [-0.15, -0.1) is 6.58 Å². The number of nitrogens with zero attached hydrogens (tertiary/aromatic N) is 2. The van der Waals surface area contributed by atoms with Crippen LogP contribution in [0.4, 0.5) is 0 Å². The summed E-state index contributed by atoms with van der Waals surface area (Å²) in [6, 6.07) is 8.25. The average molecular weight is 480 g/mol. The second-order valence-electron chi connectivity index (χ2n) is 11.2. The van der Waals surface area contributed by atoms with E-state index in [1.165, 1.54) is 77.3 Å². The first kappa shape index (κ1) is 26.2. The molecule has 2 bridgehead atoms. The number of aliphatic hydroxyl groups is 1. The van der Waals surface area contributed by atoms with Gasteiger partial charge in [-0.3, -0.25) is 4.98 Å². The number of quaternary nitrogens is 1. The van der Waals surface area contributed by atoms with Crippen LogP contribution in [0.25, 0.3) is 10.9 Å². The number of pyridine rings is 1. The molecule has 0 saturated carbocycles. The number of ether oxygens (including phenoxy) is 1. The monoisotopic (exact) mass is 479 g/mol. The van der Waals surface area contributed by atoms with Crippen LogP contribution in [0.1, 0.15) is 89.2 Å². The lowest BCUT2D eigenvalue weighted by Gasteiger charge is -2.58. The highest BCUT2D eigenvalue weighted by molar-refractivity contribution is 5.83. The molecule has 0 amide bonds. The van der Waals surface area contributed by atoms with Gasteiger partial charge in [0.1, 0.15) is 17.9 Å². The third-order valence-corrected chi connectivity index (χ3v) is 9.05. The van der Waals surface area contributed by atoms with Gasteiger partial charge >= 0.3 is 0 Å². The Hall–Kier alpha value is -1.91. The first-order valence-electron chi connectivity index (χ1n) is 14.2. The number of aromatic nitrogens is 1. The molecule has 4 nitrogen and oxygen atoms in total. The largest absolute Gasteiger partial charge is 0.497 e. The number of hydrogen-bond acceptors (Lipinski definition) is 3. The standard InChI is InChI=1S/C31H47N2O2/c1-4-6-7-8-9-10-11-12-13-19-33-20-17-25(24(5-2)23-33)21-30(33)31(34)27-16-18-32-29-15-14-26(35-3)22-28(27)29/h5,14-16,18,22,24-25,30-31,34H,2,4,6-13,17,19-21,23H2,1,3H3/q+1/t24?,25?,30-,31-,33?/m0/s1. The Bertz CT molecular complexity index is 960. The molecule has 1 aromatic carbocycles. The fraction of sp³-hybridized carbons (Fsp3) is 0.645. The van der Waals surface area contributed by atoms with E-state index in [4.69, 9.17) is 4.74 Å². The highest BCUT2D eigenvalue weighted by atomic mass is 16.5. The minimum Gasteiger partial charge on any atom is -0.497 e. The van der Waals surface area contributed by atoms with E-state index in [2.05, 4.69) is 24.6 Å². The quantitative estimate of drug-likeness (QED) is 0.177. The average Bonchev–Trinajstić information content (AvgIpc) is 2.91. The molecule has 0 aliphatic carbocycles. The zero-order chi connectivity index (χ0) is 24.7. The van der Waals surface area contributed by atoms with Crippen LogP contribution in [-0.4, -0.2) is 47.4 Å². The molecule has 3 fully saturated rings. The highest BCUT2D eigenvalue weighted by Crippen LogP contribution is 2.47. The van der Waals surface area contributed by atoms with Crippen molar-refractivity contribution < 1.29 is 14.3 Å². The van der Waals surface area contributed by atoms with Crippen molar-refractivity contribution in [3.8, 4) is 5.75 Å². The zero-order valence-electron chi connectivity index (χ0n) is 22.1. The van der Waals surface area contributed by atoms with Gasteiger partial charge in [0.2, 0.25) is 0 Å². The van der Waals surface area contributed by atoms with E-state index in [-0.39, 0.29) is 6.04 Å². The van der Waals surface area contributed by atoms with E-state index < -0.39 is 6.10 Å². The van der Waals surface area contributed by atoms with Gasteiger partial charge < -0.3 is 14.3 Å². The molecule has 4 heteroatoms. The smallest absolute Gasteiger partial charge is 0.131 e. The number of fused-ring (bicyclic) bond motifs is 4. The summed E-state index contributed by atoms with van der Waals surface area (Å²) in [7, 11) is 1.69. The molecule has 1 N–H and O–H groups in total. The van der Waals surface area contributed by atoms with Gasteiger partial charge in [-0.2, -0.15) is 0 Å². The molecule has 1 aromatic heterocycles. The molecule has 0 radical (unpaired) electrons. The van der Waals surface area contributed by atoms with Crippen LogP contribution in [0.15, 0.2) is 43.1 Å². The van der Waals surface area contributed by atoms with Crippen LogP contribution < -0.4 is 4.74 Å². The molecular formula is C31H47N2O2+. The van der Waals surface area contributed by atoms with E-state index in [0.717, 1.165) is 39.7 Å². The van der Waals surface area contributed by atoms with Crippen molar-refractivity contribution in [2.75, 3.05) is 26.7 Å². The van der Waals surface area contributed by atoms with Gasteiger partial charge in [0, 0.05) is 30.3 Å². The molecule has 35 heavy (non-hydrogen) atoms. The van der Waals surface area contributed by atoms with Crippen LogP contribution in [0, 0.1) is 11.8 Å². The highest BCUT2D eigenvalue weighted by Gasteiger charge is 2.53. The van der Waals surface area contributed by atoms with E-state index in [1.54, 1.807) is 7.11 Å². The Kier molecular flexibility index (Phi) is 9.24. The number of benzene rings is 1. The topological polar surface area (TPSA) is 42.4 Å². The van der Waals surface area contributed by atoms with Crippen LogP contribution >= 0.6 is 0 Å². The normalized spacial score (nSPS) is 26.7. The minimum atomic E-state index is -0.486. The lowest BCUT2D eigenvalue weighted by Crippen LogP contribution is -2.68. The van der Waals surface area contributed by atoms with Crippen molar-refractivity contribution in [2.45, 2.75) is 89.7 Å². The molecule has 4 heterocycles. The van der Waals surface area contributed by atoms with Gasteiger partial charge in [0.25, 0.3) is 0 Å². The Morgan fingerprint density at radius 1 is 1.11 bits per heavy atom. The number of methoxy groups -OCH3 is 1. The van der Waals surface area contributed by atoms with Gasteiger partial charge in [-0.25, -0.2) is 0 Å². The number of hydrogen-bond donors (Lipinski definition) is 1. The summed E-state index contributed by atoms with van der Waals surface area (Å²) in [6.45, 7) is 9.98. The summed E-state index contributed by atoms with van der Waals surface area (Å²) < 4.78 is 6.54. The summed E-state index contributed by atoms with van der Waals surface area (Å²) in [4.78, 5) is 4.55. The second-order valence-corrected chi connectivity index (χ2v) is 11.2. The minimum absolute atomic E-state index is 0.246. The van der Waals surface area contributed by atoms with Crippen molar-refractivity contribution in [2.24, 2.45) is 11.8 Å². The summed E-state index contributed by atoms with van der Waals surface area (Å²) in [5, 5.41) is 12.9. The third-order valence-electron chi connectivity index (χ3n) is 9.05. The molecule has 5 atom stereocenters. The molecule has 2 aromatic rings. The predicted octanol–water partition coefficient (Wildman–Crippen LogP) is 7.22. The fourth-order valence-electron chi connectivity index (χ4n) is 6.97. The maximum atomic E-state index is 11.9. The maximum Gasteiger partial charge on any atom is 0.131 e. The van der Waals surface area contributed by atoms with Crippen molar-refractivity contribution in [3.63, 3.8) is 0 Å². The van der Waals surface area contributed by atoms with Crippen LogP contribution in [0.5, 0.6) is 5.75 Å². The lowest BCUT2D eigenvalue weighted by atomic mass is 9.71. The summed E-state index contributed by atoms with van der Waals surface area (Å²) >= 11 is 0. The van der Waals surface area contributed by atoms with E-state index in [9.17, 15) is 5.11 Å². The predicted molar refractivity (Wildman–Crippen MR) is 146 cm³/mol. The molecule has 3 aliphatic heterocycles. The van der Waals surface area contributed by atoms with Crippen molar-refractivity contribution in [1.82, 2.24) is 4.98 Å². The molecule has 3 aliphatic rings. The van der Waals surface area contributed by atoms with Crippen molar-refractivity contribution >= 4 is 10.9 Å². The molecule has 3 unspecified atom stereocenters. The van der Waals surface area contributed by atoms with Crippen LogP contribution in [-0.2, 0) is 0 Å². The van der Waals surface area contributed by atoms with Gasteiger partial charge in [-0.1, -0.05) is 57.9 Å². The number of aliphatic hydroxyl groups excluding tert-OH is 1. The fourth-order valence-corrected chi connectivity index (χ4v) is 6.97. The Labute approximate surface area is 213 Å². The molecular weight excluding hydrogens is 432 g/mol. The Morgan fingerprint density at radius 3 is 2.57 bits per heavy atom. The summed E-state index contributed by atoms with van der Waals surface area (Å²) in [5.74, 6) is 2.05. The van der Waals surface area contributed by atoms with E-state index in [0.29, 0.717) is 11.8 Å². The molecule has 3 saturated heterocycles. The number of piperidine rings is 3. The first-order chi connectivity index (χ1) is 17.1. The molecule has 5 rings (SSSR count). The van der Waals surface area contributed by atoms with Gasteiger partial charge in [-0.05, 0) is 48.6 Å². The summed E-state index contributed by atoms with van der Waals surface area (Å²) in [6.07, 6.45) is 18.1. The Balaban J connectivity index is 1.46. The second kappa shape index (κ2) is 12.4. The zero-order valence-corrected chi connectivity index (χ0v) is 22.1. The van der Waals surface area contributed by atoms with E-state index in [1.807, 2.05) is 30.5 Å². The lowest BCUT2D eigenvalue weighted by molar-refractivity contribution is -0.973. The number of unbranched alkanes of at least 4 members (excludes halogenated alkanes) is 8. The van der Waals surface area contributed by atoms with Crippen LogP contribution in [0.3, 0.4) is 0 Å². The Morgan fingerprint density at radius 2 is 1.86 bits per heavy atom.